The Kier molecular flexibility index (Phi) is 4.37. The lowest BCUT2D eigenvalue weighted by molar-refractivity contribution is 0.0989. The Balaban J connectivity index is 2.23. The first-order valence-electron chi connectivity index (χ1n) is 5.85. The number of aromatic nitrogens is 3. The van der Waals surface area contributed by atoms with Crippen LogP contribution in [-0.4, -0.2) is 20.5 Å². The zero-order chi connectivity index (χ0) is 14.0. The second-order valence-corrected chi connectivity index (χ2v) is 5.82. The first-order chi connectivity index (χ1) is 8.97. The number of benzene rings is 1. The van der Waals surface area contributed by atoms with Crippen LogP contribution in [0.25, 0.3) is 0 Å². The maximum Gasteiger partial charge on any atom is 0.170 e. The minimum absolute atomic E-state index is 0.0295. The largest absolute Gasteiger partial charge is 0.294 e. The lowest BCUT2D eigenvalue weighted by Gasteiger charge is -2.09. The smallest absolute Gasteiger partial charge is 0.170 e. The summed E-state index contributed by atoms with van der Waals surface area (Å²) in [5.74, 6) is 0.634. The standard InChI is InChI=1S/C13H13BrClN3O/c1-8(2)18-13(16-7-17-18)6-12(19)9-3-10(14)5-11(15)4-9/h3-5,7-8H,6H2,1-2H3. The molecular weight excluding hydrogens is 330 g/mol. The summed E-state index contributed by atoms with van der Waals surface area (Å²) in [5.41, 5.74) is 0.567. The lowest BCUT2D eigenvalue weighted by atomic mass is 10.1. The first-order valence-corrected chi connectivity index (χ1v) is 7.02. The molecule has 0 unspecified atom stereocenters. The van der Waals surface area contributed by atoms with Crippen molar-refractivity contribution in [3.05, 3.63) is 45.4 Å². The number of nitrogens with zero attached hydrogens (tertiary/aromatic N) is 3. The number of carbonyl (C=O) groups is 1. The van der Waals surface area contributed by atoms with Crippen LogP contribution in [0.15, 0.2) is 29.0 Å². The molecule has 0 aliphatic rings. The van der Waals surface area contributed by atoms with Gasteiger partial charge in [-0.1, -0.05) is 27.5 Å². The van der Waals surface area contributed by atoms with E-state index in [-0.39, 0.29) is 18.2 Å². The van der Waals surface area contributed by atoms with Gasteiger partial charge in [-0.2, -0.15) is 5.10 Å². The molecule has 0 aliphatic carbocycles. The third-order valence-corrected chi connectivity index (χ3v) is 3.32. The van der Waals surface area contributed by atoms with Crippen LogP contribution in [0.4, 0.5) is 0 Å². The van der Waals surface area contributed by atoms with Crippen molar-refractivity contribution in [1.82, 2.24) is 14.8 Å². The van der Waals surface area contributed by atoms with E-state index in [1.807, 2.05) is 13.8 Å². The minimum atomic E-state index is -0.0295. The average molecular weight is 343 g/mol. The molecule has 4 nitrogen and oxygen atoms in total. The predicted octanol–water partition coefficient (Wildman–Crippen LogP) is 3.70. The van der Waals surface area contributed by atoms with E-state index in [0.717, 1.165) is 4.47 Å². The average Bonchev–Trinajstić information content (AvgIpc) is 2.75. The van der Waals surface area contributed by atoms with Gasteiger partial charge >= 0.3 is 0 Å². The molecule has 0 aliphatic heterocycles. The van der Waals surface area contributed by atoms with Gasteiger partial charge in [0.25, 0.3) is 0 Å². The Morgan fingerprint density at radius 2 is 2.16 bits per heavy atom. The molecule has 0 radical (unpaired) electrons. The Morgan fingerprint density at radius 1 is 1.42 bits per heavy atom. The Morgan fingerprint density at radius 3 is 2.79 bits per heavy atom. The number of hydrogen-bond donors (Lipinski definition) is 0. The summed E-state index contributed by atoms with van der Waals surface area (Å²) in [6, 6.07) is 5.33. The van der Waals surface area contributed by atoms with Gasteiger partial charge in [-0.15, -0.1) is 0 Å². The normalized spacial score (nSPS) is 11.0. The minimum Gasteiger partial charge on any atom is -0.294 e. The Bertz CT molecular complexity index is 589. The van der Waals surface area contributed by atoms with Crippen LogP contribution in [0.1, 0.15) is 36.1 Å². The van der Waals surface area contributed by atoms with Crippen LogP contribution in [-0.2, 0) is 6.42 Å². The quantitative estimate of drug-likeness (QED) is 0.796. The molecule has 1 heterocycles. The molecular formula is C13H13BrClN3O. The van der Waals surface area contributed by atoms with Crippen LogP contribution in [0, 0.1) is 0 Å². The second-order valence-electron chi connectivity index (χ2n) is 4.47. The highest BCUT2D eigenvalue weighted by molar-refractivity contribution is 9.10. The molecule has 0 amide bonds. The van der Waals surface area contributed by atoms with Crippen molar-refractivity contribution in [2.45, 2.75) is 26.3 Å². The summed E-state index contributed by atoms with van der Waals surface area (Å²) in [5, 5.41) is 4.65. The highest BCUT2D eigenvalue weighted by atomic mass is 79.9. The molecule has 100 valence electrons. The molecule has 6 heteroatoms. The number of carbonyl (C=O) groups excluding carboxylic acids is 1. The fraction of sp³-hybridized carbons (Fsp3) is 0.308. The van der Waals surface area contributed by atoms with E-state index in [4.69, 9.17) is 11.6 Å². The van der Waals surface area contributed by atoms with E-state index in [9.17, 15) is 4.79 Å². The summed E-state index contributed by atoms with van der Waals surface area (Å²) >= 11 is 9.27. The summed E-state index contributed by atoms with van der Waals surface area (Å²) in [6.45, 7) is 4.00. The van der Waals surface area contributed by atoms with Gasteiger partial charge < -0.3 is 0 Å². The van der Waals surface area contributed by atoms with E-state index < -0.39 is 0 Å². The maximum atomic E-state index is 12.2. The maximum absolute atomic E-state index is 12.2. The predicted molar refractivity (Wildman–Crippen MR) is 77.6 cm³/mol. The number of halogens is 2. The van der Waals surface area contributed by atoms with E-state index in [1.165, 1.54) is 6.33 Å². The third-order valence-electron chi connectivity index (χ3n) is 2.64. The number of Topliss-reactive ketones (excluding diaryl/α,β-unsaturated/α-hetero) is 1. The topological polar surface area (TPSA) is 47.8 Å². The lowest BCUT2D eigenvalue weighted by Crippen LogP contribution is -2.13. The molecule has 19 heavy (non-hydrogen) atoms. The number of ketones is 1. The van der Waals surface area contributed by atoms with Crippen molar-refractivity contribution in [3.8, 4) is 0 Å². The molecule has 1 aromatic heterocycles. The van der Waals surface area contributed by atoms with Gasteiger partial charge in [-0.3, -0.25) is 4.79 Å². The molecule has 2 rings (SSSR count). The van der Waals surface area contributed by atoms with Crippen LogP contribution in [0.5, 0.6) is 0 Å². The van der Waals surface area contributed by atoms with Gasteiger partial charge in [0, 0.05) is 21.1 Å². The molecule has 0 bridgehead atoms. The molecule has 0 N–H and O–H groups in total. The SMILES string of the molecule is CC(C)n1ncnc1CC(=O)c1cc(Cl)cc(Br)c1. The van der Waals surface area contributed by atoms with E-state index in [1.54, 1.807) is 22.9 Å². The van der Waals surface area contributed by atoms with Crippen LogP contribution in [0.3, 0.4) is 0 Å². The van der Waals surface area contributed by atoms with Gasteiger partial charge in [0.05, 0.1) is 6.42 Å². The number of rotatable bonds is 4. The van der Waals surface area contributed by atoms with Gasteiger partial charge in [-0.05, 0) is 32.0 Å². The zero-order valence-electron chi connectivity index (χ0n) is 10.6. The summed E-state index contributed by atoms with van der Waals surface area (Å²) in [4.78, 5) is 16.4. The van der Waals surface area contributed by atoms with Crippen molar-refractivity contribution in [3.63, 3.8) is 0 Å². The van der Waals surface area contributed by atoms with Crippen LogP contribution in [0.2, 0.25) is 5.02 Å². The van der Waals surface area contributed by atoms with E-state index in [0.29, 0.717) is 16.4 Å². The molecule has 0 atom stereocenters. The molecule has 0 fully saturated rings. The highest BCUT2D eigenvalue weighted by Crippen LogP contribution is 2.20. The van der Waals surface area contributed by atoms with Crippen molar-refractivity contribution < 1.29 is 4.79 Å². The summed E-state index contributed by atoms with van der Waals surface area (Å²) in [7, 11) is 0. The summed E-state index contributed by atoms with van der Waals surface area (Å²) in [6.07, 6.45) is 1.68. The zero-order valence-corrected chi connectivity index (χ0v) is 12.9. The highest BCUT2D eigenvalue weighted by Gasteiger charge is 2.14. The second kappa shape index (κ2) is 5.84. The Labute approximate surface area is 124 Å². The molecule has 0 spiro atoms. The van der Waals surface area contributed by atoms with Gasteiger partial charge in [0.15, 0.2) is 5.78 Å². The van der Waals surface area contributed by atoms with E-state index >= 15 is 0 Å². The van der Waals surface area contributed by atoms with Gasteiger partial charge in [0.2, 0.25) is 0 Å². The van der Waals surface area contributed by atoms with Crippen LogP contribution < -0.4 is 0 Å². The third kappa shape index (κ3) is 3.42. The Hall–Kier alpha value is -1.20. The molecule has 1 aromatic carbocycles. The van der Waals surface area contributed by atoms with Crippen molar-refractivity contribution in [1.29, 1.82) is 0 Å². The summed E-state index contributed by atoms with van der Waals surface area (Å²) < 4.78 is 2.53. The van der Waals surface area contributed by atoms with Crippen molar-refractivity contribution >= 4 is 33.3 Å². The van der Waals surface area contributed by atoms with Crippen LogP contribution >= 0.6 is 27.5 Å². The number of hydrogen-bond acceptors (Lipinski definition) is 3. The first kappa shape index (κ1) is 14.2. The van der Waals surface area contributed by atoms with Gasteiger partial charge in [-0.25, -0.2) is 9.67 Å². The van der Waals surface area contributed by atoms with Gasteiger partial charge in [0.1, 0.15) is 12.2 Å². The van der Waals surface area contributed by atoms with E-state index in [2.05, 4.69) is 26.0 Å². The fourth-order valence-corrected chi connectivity index (χ4v) is 2.65. The molecule has 0 saturated heterocycles. The monoisotopic (exact) mass is 341 g/mol. The fourth-order valence-electron chi connectivity index (χ4n) is 1.79. The van der Waals surface area contributed by atoms with Crippen molar-refractivity contribution in [2.75, 3.05) is 0 Å². The molecule has 2 aromatic rings. The molecule has 0 saturated carbocycles. The van der Waals surface area contributed by atoms with Crippen molar-refractivity contribution in [2.24, 2.45) is 0 Å².